The molecule has 0 bridgehead atoms. The largest absolute Gasteiger partial charge is 0.476 e. The number of halogens is 2. The van der Waals surface area contributed by atoms with Gasteiger partial charge < -0.3 is 10.1 Å². The number of hydrogen-bond donors (Lipinski definition) is 1. The highest BCUT2D eigenvalue weighted by Gasteiger charge is 2.37. The maximum Gasteiger partial charge on any atom is 0.267 e. The second kappa shape index (κ2) is 8.42. The minimum Gasteiger partial charge on any atom is -0.476 e. The Kier molecular flexibility index (Phi) is 5.83. The Labute approximate surface area is 190 Å². The first-order valence-corrected chi connectivity index (χ1v) is 11.6. The molecule has 1 N–H and O–H groups in total. The lowest BCUT2D eigenvalue weighted by molar-refractivity contribution is -0.122. The molecule has 0 aliphatic carbocycles. The van der Waals surface area contributed by atoms with Gasteiger partial charge in [-0.15, -0.1) is 0 Å². The van der Waals surface area contributed by atoms with Gasteiger partial charge in [-0.05, 0) is 67.1 Å². The fourth-order valence-electron chi connectivity index (χ4n) is 3.28. The molecule has 0 saturated carbocycles. The molecule has 0 aromatic heterocycles. The van der Waals surface area contributed by atoms with Gasteiger partial charge in [-0.1, -0.05) is 35.3 Å². The number of carbonyl (C=O) groups excluding carboxylic acids is 1. The SMILES string of the molecule is Cc1cc(Cl)ccc1NC(=O)[C@@H]1CN(S(=O)(=O)c2ccc(Cl)cc2)c2ccccc2O1. The van der Waals surface area contributed by atoms with Crippen molar-refractivity contribution in [1.82, 2.24) is 0 Å². The van der Waals surface area contributed by atoms with Crippen LogP contribution in [0.25, 0.3) is 0 Å². The Bertz CT molecular complexity index is 1250. The average molecular weight is 477 g/mol. The van der Waals surface area contributed by atoms with Crippen molar-refractivity contribution in [3.05, 3.63) is 82.3 Å². The zero-order valence-electron chi connectivity index (χ0n) is 16.4. The van der Waals surface area contributed by atoms with Crippen molar-refractivity contribution in [2.24, 2.45) is 0 Å². The quantitative estimate of drug-likeness (QED) is 0.580. The van der Waals surface area contributed by atoms with Gasteiger partial charge in [0.1, 0.15) is 5.75 Å². The van der Waals surface area contributed by atoms with Crippen LogP contribution in [-0.2, 0) is 14.8 Å². The van der Waals surface area contributed by atoms with Gasteiger partial charge in [0.2, 0.25) is 0 Å². The number of nitrogens with one attached hydrogen (secondary N) is 1. The van der Waals surface area contributed by atoms with Gasteiger partial charge in [0.15, 0.2) is 6.10 Å². The molecule has 1 atom stereocenters. The van der Waals surface area contributed by atoms with E-state index in [1.165, 1.54) is 28.6 Å². The van der Waals surface area contributed by atoms with E-state index in [0.29, 0.717) is 27.2 Å². The summed E-state index contributed by atoms with van der Waals surface area (Å²) in [6, 6.07) is 17.7. The first-order valence-electron chi connectivity index (χ1n) is 9.37. The number of fused-ring (bicyclic) bond motifs is 1. The molecule has 0 spiro atoms. The average Bonchev–Trinajstić information content (AvgIpc) is 2.75. The molecule has 1 aliphatic rings. The Morgan fingerprint density at radius 2 is 1.71 bits per heavy atom. The van der Waals surface area contributed by atoms with Crippen LogP contribution in [0, 0.1) is 6.92 Å². The highest BCUT2D eigenvalue weighted by molar-refractivity contribution is 7.92. The summed E-state index contributed by atoms with van der Waals surface area (Å²) in [5.74, 6) is -0.157. The number of carbonyl (C=O) groups is 1. The molecule has 0 unspecified atom stereocenters. The van der Waals surface area contributed by atoms with E-state index in [0.717, 1.165) is 5.56 Å². The van der Waals surface area contributed by atoms with Gasteiger partial charge in [-0.2, -0.15) is 0 Å². The second-order valence-corrected chi connectivity index (χ2v) is 9.75. The van der Waals surface area contributed by atoms with Crippen molar-refractivity contribution < 1.29 is 17.9 Å². The van der Waals surface area contributed by atoms with Crippen molar-refractivity contribution in [2.45, 2.75) is 17.9 Å². The van der Waals surface area contributed by atoms with Crippen LogP contribution in [-0.4, -0.2) is 27.0 Å². The minimum atomic E-state index is -3.95. The maximum absolute atomic E-state index is 13.4. The third kappa shape index (κ3) is 4.35. The fourth-order valence-corrected chi connectivity index (χ4v) is 5.11. The van der Waals surface area contributed by atoms with Crippen molar-refractivity contribution in [3.63, 3.8) is 0 Å². The van der Waals surface area contributed by atoms with Crippen LogP contribution in [0.1, 0.15) is 5.56 Å². The zero-order chi connectivity index (χ0) is 22.2. The number of para-hydroxylation sites is 2. The molecule has 1 amide bonds. The fraction of sp³-hybridized carbons (Fsp3) is 0.136. The van der Waals surface area contributed by atoms with Crippen LogP contribution in [0.15, 0.2) is 71.6 Å². The molecule has 0 fully saturated rings. The lowest BCUT2D eigenvalue weighted by Gasteiger charge is -2.34. The molecule has 9 heteroatoms. The third-order valence-electron chi connectivity index (χ3n) is 4.88. The smallest absolute Gasteiger partial charge is 0.267 e. The van der Waals surface area contributed by atoms with Crippen molar-refractivity contribution in [3.8, 4) is 5.75 Å². The molecule has 4 rings (SSSR count). The highest BCUT2D eigenvalue weighted by Crippen LogP contribution is 2.37. The number of rotatable bonds is 4. The maximum atomic E-state index is 13.4. The number of ether oxygens (including phenoxy) is 1. The lowest BCUT2D eigenvalue weighted by Crippen LogP contribution is -2.48. The van der Waals surface area contributed by atoms with E-state index in [2.05, 4.69) is 5.32 Å². The molecule has 1 heterocycles. The molecule has 1 aliphatic heterocycles. The summed E-state index contributed by atoms with van der Waals surface area (Å²) in [4.78, 5) is 13.0. The Hall–Kier alpha value is -2.74. The molecule has 31 heavy (non-hydrogen) atoms. The van der Waals surface area contributed by atoms with Crippen LogP contribution < -0.4 is 14.4 Å². The van der Waals surface area contributed by atoms with Crippen LogP contribution in [0.3, 0.4) is 0 Å². The Morgan fingerprint density at radius 1 is 1.03 bits per heavy atom. The molecule has 0 saturated heterocycles. The van der Waals surface area contributed by atoms with Crippen LogP contribution in [0.4, 0.5) is 11.4 Å². The molecule has 160 valence electrons. The Balaban J connectivity index is 1.67. The number of anilines is 2. The van der Waals surface area contributed by atoms with E-state index in [4.69, 9.17) is 27.9 Å². The summed E-state index contributed by atoms with van der Waals surface area (Å²) in [5.41, 5.74) is 1.72. The normalized spacial score (nSPS) is 15.7. The molecule has 0 radical (unpaired) electrons. The topological polar surface area (TPSA) is 75.7 Å². The molecule has 3 aromatic rings. The number of sulfonamides is 1. The van der Waals surface area contributed by atoms with E-state index in [1.54, 1.807) is 42.5 Å². The number of aryl methyl sites for hydroxylation is 1. The molecular formula is C22H18Cl2N2O4S. The zero-order valence-corrected chi connectivity index (χ0v) is 18.7. The summed E-state index contributed by atoms with van der Waals surface area (Å²) in [7, 11) is -3.95. The van der Waals surface area contributed by atoms with E-state index in [-0.39, 0.29) is 11.4 Å². The Morgan fingerprint density at radius 3 is 2.42 bits per heavy atom. The van der Waals surface area contributed by atoms with Crippen LogP contribution in [0.2, 0.25) is 10.0 Å². The van der Waals surface area contributed by atoms with Crippen molar-refractivity contribution in [1.29, 1.82) is 0 Å². The predicted molar refractivity (Wildman–Crippen MR) is 122 cm³/mol. The summed E-state index contributed by atoms with van der Waals surface area (Å²) in [6.45, 7) is 1.64. The number of nitrogens with zero attached hydrogens (tertiary/aromatic N) is 1. The van der Waals surface area contributed by atoms with Crippen LogP contribution in [0.5, 0.6) is 5.75 Å². The van der Waals surface area contributed by atoms with Gasteiger partial charge >= 0.3 is 0 Å². The van der Waals surface area contributed by atoms with Crippen molar-refractivity contribution in [2.75, 3.05) is 16.2 Å². The molecule has 6 nitrogen and oxygen atoms in total. The number of hydrogen-bond acceptors (Lipinski definition) is 4. The van der Waals surface area contributed by atoms with E-state index in [9.17, 15) is 13.2 Å². The van der Waals surface area contributed by atoms with Gasteiger partial charge in [0.25, 0.3) is 15.9 Å². The van der Waals surface area contributed by atoms with E-state index >= 15 is 0 Å². The van der Waals surface area contributed by atoms with Gasteiger partial charge in [0.05, 0.1) is 17.1 Å². The lowest BCUT2D eigenvalue weighted by atomic mass is 10.1. The van der Waals surface area contributed by atoms with E-state index in [1.807, 2.05) is 6.92 Å². The monoisotopic (exact) mass is 476 g/mol. The molecular weight excluding hydrogens is 459 g/mol. The summed E-state index contributed by atoms with van der Waals surface area (Å²) in [6.07, 6.45) is -1.05. The number of amides is 1. The second-order valence-electron chi connectivity index (χ2n) is 7.01. The first kappa shape index (κ1) is 21.5. The van der Waals surface area contributed by atoms with Gasteiger partial charge in [-0.25, -0.2) is 8.42 Å². The predicted octanol–water partition coefficient (Wildman–Crippen LogP) is 4.90. The summed E-state index contributed by atoms with van der Waals surface area (Å²) < 4.78 is 33.8. The standard InChI is InChI=1S/C22H18Cl2N2O4S/c1-14-12-16(24)8-11-18(14)25-22(27)21-13-26(19-4-2-3-5-20(19)30-21)31(28,29)17-9-6-15(23)7-10-17/h2-12,21H,13H2,1H3,(H,25,27)/t21-/m0/s1. The third-order valence-corrected chi connectivity index (χ3v) is 7.16. The highest BCUT2D eigenvalue weighted by atomic mass is 35.5. The van der Waals surface area contributed by atoms with Gasteiger partial charge in [0, 0.05) is 15.7 Å². The van der Waals surface area contributed by atoms with Crippen molar-refractivity contribution >= 4 is 50.5 Å². The summed E-state index contributed by atoms with van der Waals surface area (Å²) in [5, 5.41) is 3.78. The molecule has 3 aromatic carbocycles. The van der Waals surface area contributed by atoms with E-state index < -0.39 is 22.0 Å². The number of benzene rings is 3. The van der Waals surface area contributed by atoms with Gasteiger partial charge in [-0.3, -0.25) is 9.10 Å². The summed E-state index contributed by atoms with van der Waals surface area (Å²) >= 11 is 11.9. The first-order chi connectivity index (χ1) is 14.8. The van der Waals surface area contributed by atoms with Crippen LogP contribution >= 0.6 is 23.2 Å². The minimum absolute atomic E-state index is 0.0707.